The lowest BCUT2D eigenvalue weighted by atomic mass is 10.1. The molecule has 0 radical (unpaired) electrons. The lowest BCUT2D eigenvalue weighted by molar-refractivity contribution is -0.140. The van der Waals surface area contributed by atoms with Crippen molar-refractivity contribution in [3.63, 3.8) is 0 Å². The van der Waals surface area contributed by atoms with Gasteiger partial charge in [-0.2, -0.15) is 13.2 Å². The number of hydrogen-bond acceptors (Lipinski definition) is 1. The van der Waals surface area contributed by atoms with Crippen molar-refractivity contribution in [3.8, 4) is 11.8 Å². The second kappa shape index (κ2) is 4.32. The Morgan fingerprint density at radius 1 is 1.27 bits per heavy atom. The molecule has 5 heteroatoms. The first-order valence-corrected chi connectivity index (χ1v) is 3.91. The second-order valence-corrected chi connectivity index (χ2v) is 2.65. The van der Waals surface area contributed by atoms with Gasteiger partial charge in [0.15, 0.2) is 0 Å². The minimum atomic E-state index is -4.70. The van der Waals surface area contributed by atoms with Gasteiger partial charge in [0.2, 0.25) is 0 Å². The Morgan fingerprint density at radius 3 is 2.40 bits per heavy atom. The van der Waals surface area contributed by atoms with Crippen molar-refractivity contribution in [2.24, 2.45) is 0 Å². The van der Waals surface area contributed by atoms with Gasteiger partial charge in [0.1, 0.15) is 12.4 Å². The van der Waals surface area contributed by atoms with Crippen LogP contribution in [0.5, 0.6) is 0 Å². The summed E-state index contributed by atoms with van der Waals surface area (Å²) in [7, 11) is 0. The van der Waals surface area contributed by atoms with Crippen molar-refractivity contribution in [2.75, 3.05) is 6.61 Å². The molecule has 0 atom stereocenters. The van der Waals surface area contributed by atoms with Crippen LogP contribution in [0.4, 0.5) is 17.6 Å². The molecule has 80 valence electrons. The Morgan fingerprint density at radius 2 is 1.93 bits per heavy atom. The zero-order valence-electron chi connectivity index (χ0n) is 7.40. The van der Waals surface area contributed by atoms with Crippen LogP contribution < -0.4 is 0 Å². The molecule has 0 bridgehead atoms. The summed E-state index contributed by atoms with van der Waals surface area (Å²) in [5.74, 6) is 3.15. The highest BCUT2D eigenvalue weighted by Crippen LogP contribution is 2.31. The van der Waals surface area contributed by atoms with E-state index in [1.54, 1.807) is 0 Å². The van der Waals surface area contributed by atoms with Gasteiger partial charge in [-0.1, -0.05) is 11.8 Å². The number of alkyl halides is 3. The Kier molecular flexibility index (Phi) is 3.32. The first kappa shape index (κ1) is 11.5. The van der Waals surface area contributed by atoms with Gasteiger partial charge >= 0.3 is 6.18 Å². The number of rotatable bonds is 0. The van der Waals surface area contributed by atoms with Crippen LogP contribution >= 0.6 is 0 Å². The van der Waals surface area contributed by atoms with Crippen LogP contribution in [-0.2, 0) is 6.18 Å². The van der Waals surface area contributed by atoms with Gasteiger partial charge in [0.05, 0.1) is 5.56 Å². The Bertz CT molecular complexity index is 412. The summed E-state index contributed by atoms with van der Waals surface area (Å²) in [6.45, 7) is -0.428. The summed E-state index contributed by atoms with van der Waals surface area (Å²) >= 11 is 0. The third-order valence-corrected chi connectivity index (χ3v) is 1.59. The lowest BCUT2D eigenvalue weighted by Gasteiger charge is -2.07. The SMILES string of the molecule is OCC#Cc1ccc(C(F)(F)F)c(F)c1. The molecule has 0 aromatic heterocycles. The van der Waals surface area contributed by atoms with Crippen LogP contribution in [0.2, 0.25) is 0 Å². The molecular formula is C10H6F4O. The fourth-order valence-electron chi connectivity index (χ4n) is 0.964. The summed E-state index contributed by atoms with van der Waals surface area (Å²) < 4.78 is 49.3. The first-order chi connectivity index (χ1) is 6.95. The smallest absolute Gasteiger partial charge is 0.384 e. The van der Waals surface area contributed by atoms with Gasteiger partial charge in [-0.3, -0.25) is 0 Å². The molecule has 1 nitrogen and oxygen atoms in total. The van der Waals surface area contributed by atoms with E-state index in [0.29, 0.717) is 12.1 Å². The van der Waals surface area contributed by atoms with E-state index in [9.17, 15) is 17.6 Å². The Labute approximate surface area is 83.3 Å². The van der Waals surface area contributed by atoms with Gasteiger partial charge in [-0.05, 0) is 18.2 Å². The lowest BCUT2D eigenvalue weighted by Crippen LogP contribution is -2.07. The summed E-state index contributed by atoms with van der Waals surface area (Å²) in [6, 6.07) is 2.36. The van der Waals surface area contributed by atoms with E-state index in [4.69, 9.17) is 5.11 Å². The first-order valence-electron chi connectivity index (χ1n) is 3.91. The molecule has 1 aromatic carbocycles. The summed E-state index contributed by atoms with van der Waals surface area (Å²) in [5.41, 5.74) is -1.23. The van der Waals surface area contributed by atoms with Gasteiger partial charge in [0.25, 0.3) is 0 Å². The molecule has 0 aliphatic rings. The highest BCUT2D eigenvalue weighted by Gasteiger charge is 2.33. The third kappa shape index (κ3) is 2.96. The molecule has 15 heavy (non-hydrogen) atoms. The van der Waals surface area contributed by atoms with Gasteiger partial charge in [-0.25, -0.2) is 4.39 Å². The Hall–Kier alpha value is -1.54. The van der Waals surface area contributed by atoms with Crippen molar-refractivity contribution in [1.82, 2.24) is 0 Å². The maximum absolute atomic E-state index is 12.9. The highest BCUT2D eigenvalue weighted by molar-refractivity contribution is 5.37. The summed E-state index contributed by atoms with van der Waals surface area (Å²) in [5, 5.41) is 8.33. The molecule has 0 aliphatic carbocycles. The predicted octanol–water partition coefficient (Wildman–Crippen LogP) is 2.19. The van der Waals surface area contributed by atoms with Gasteiger partial charge < -0.3 is 5.11 Å². The molecule has 0 heterocycles. The maximum Gasteiger partial charge on any atom is 0.419 e. The minimum absolute atomic E-state index is 0.0922. The average Bonchev–Trinajstić information content (AvgIpc) is 2.12. The van der Waals surface area contributed by atoms with Crippen molar-refractivity contribution < 1.29 is 22.7 Å². The van der Waals surface area contributed by atoms with Crippen molar-refractivity contribution in [3.05, 3.63) is 35.1 Å². The molecule has 0 unspecified atom stereocenters. The van der Waals surface area contributed by atoms with E-state index < -0.39 is 24.2 Å². The van der Waals surface area contributed by atoms with Gasteiger partial charge in [-0.15, -0.1) is 0 Å². The average molecular weight is 218 g/mol. The predicted molar refractivity (Wildman–Crippen MR) is 45.4 cm³/mol. The van der Waals surface area contributed by atoms with Crippen LogP contribution in [0, 0.1) is 17.7 Å². The topological polar surface area (TPSA) is 20.2 Å². The minimum Gasteiger partial charge on any atom is -0.384 e. The quantitative estimate of drug-likeness (QED) is 0.522. The number of benzene rings is 1. The molecule has 1 aromatic rings. The monoisotopic (exact) mass is 218 g/mol. The maximum atomic E-state index is 12.9. The van der Waals surface area contributed by atoms with Crippen molar-refractivity contribution in [1.29, 1.82) is 0 Å². The normalized spacial score (nSPS) is 10.7. The molecule has 0 saturated carbocycles. The van der Waals surface area contributed by atoms with E-state index in [0.717, 1.165) is 6.07 Å². The molecule has 0 saturated heterocycles. The molecule has 0 fully saturated rings. The largest absolute Gasteiger partial charge is 0.419 e. The third-order valence-electron chi connectivity index (χ3n) is 1.59. The molecule has 0 amide bonds. The summed E-state index contributed by atoms with van der Waals surface area (Å²) in [6.07, 6.45) is -4.70. The van der Waals surface area contributed by atoms with E-state index in [2.05, 4.69) is 11.8 Å². The van der Waals surface area contributed by atoms with Crippen LogP contribution in [0.15, 0.2) is 18.2 Å². The molecule has 1 N–H and O–H groups in total. The van der Waals surface area contributed by atoms with E-state index in [1.165, 1.54) is 0 Å². The van der Waals surface area contributed by atoms with Crippen LogP contribution in [0.25, 0.3) is 0 Å². The van der Waals surface area contributed by atoms with E-state index in [1.807, 2.05) is 0 Å². The molecule has 0 spiro atoms. The molecule has 1 rings (SSSR count). The fraction of sp³-hybridized carbons (Fsp3) is 0.200. The molecule has 0 aliphatic heterocycles. The van der Waals surface area contributed by atoms with Crippen molar-refractivity contribution in [2.45, 2.75) is 6.18 Å². The van der Waals surface area contributed by atoms with Crippen LogP contribution in [0.3, 0.4) is 0 Å². The number of aliphatic hydroxyl groups excluding tert-OH is 1. The standard InChI is InChI=1S/C10H6F4O/c11-9-6-7(2-1-5-15)3-4-8(9)10(12,13)14/h3-4,6,15H,5H2. The summed E-state index contributed by atoms with van der Waals surface area (Å²) in [4.78, 5) is 0. The van der Waals surface area contributed by atoms with Crippen LogP contribution in [0.1, 0.15) is 11.1 Å². The second-order valence-electron chi connectivity index (χ2n) is 2.65. The Balaban J connectivity index is 3.09. The zero-order valence-corrected chi connectivity index (χ0v) is 7.40. The van der Waals surface area contributed by atoms with E-state index in [-0.39, 0.29) is 5.56 Å². The van der Waals surface area contributed by atoms with Crippen molar-refractivity contribution >= 4 is 0 Å². The highest BCUT2D eigenvalue weighted by atomic mass is 19.4. The zero-order chi connectivity index (χ0) is 11.5. The van der Waals surface area contributed by atoms with Gasteiger partial charge in [0, 0.05) is 5.56 Å². The number of hydrogen-bond donors (Lipinski definition) is 1. The fourth-order valence-corrected chi connectivity index (χ4v) is 0.964. The van der Waals surface area contributed by atoms with E-state index >= 15 is 0 Å². The number of halogens is 4. The van der Waals surface area contributed by atoms with Crippen LogP contribution in [-0.4, -0.2) is 11.7 Å². The number of aliphatic hydroxyl groups is 1. The molecular weight excluding hydrogens is 212 g/mol.